The lowest BCUT2D eigenvalue weighted by Crippen LogP contribution is -2.43. The molecule has 1 unspecified atom stereocenters. The summed E-state index contributed by atoms with van der Waals surface area (Å²) in [7, 11) is -0.250. The van der Waals surface area contributed by atoms with Crippen LogP contribution >= 0.6 is 0 Å². The van der Waals surface area contributed by atoms with E-state index in [0.717, 1.165) is 0 Å². The maximum atomic E-state index is 6.25. The second kappa shape index (κ2) is 6.32. The highest BCUT2D eigenvalue weighted by Gasteiger charge is 2.53. The van der Waals surface area contributed by atoms with Crippen molar-refractivity contribution in [3.63, 3.8) is 0 Å². The lowest BCUT2D eigenvalue weighted by atomic mass is 9.55. The highest BCUT2D eigenvalue weighted by atomic mass is 16.7. The van der Waals surface area contributed by atoms with Gasteiger partial charge in [-0.15, -0.1) is 0 Å². The van der Waals surface area contributed by atoms with Crippen LogP contribution in [0, 0.1) is 29.1 Å². The van der Waals surface area contributed by atoms with Crippen molar-refractivity contribution in [2.75, 3.05) is 0 Å². The molecule has 0 aromatic heterocycles. The van der Waals surface area contributed by atoms with E-state index in [2.05, 4.69) is 87.5 Å². The van der Waals surface area contributed by atoms with Gasteiger partial charge in [0.25, 0.3) is 0 Å². The molecular formula is C21H37BO2. The van der Waals surface area contributed by atoms with E-state index in [9.17, 15) is 0 Å². The third kappa shape index (κ3) is 2.92. The Bertz CT molecular complexity index is 488. The SMILES string of the molecule is CC(C)C(C(C)C)(C(C)C)C1C=CC(B2OC(C)(C)C(C)(C)O2)=C1. The van der Waals surface area contributed by atoms with Crippen LogP contribution in [0.4, 0.5) is 0 Å². The van der Waals surface area contributed by atoms with Crippen LogP contribution in [-0.2, 0) is 9.31 Å². The monoisotopic (exact) mass is 332 g/mol. The molecule has 136 valence electrons. The van der Waals surface area contributed by atoms with Crippen molar-refractivity contribution in [1.29, 1.82) is 0 Å². The summed E-state index contributed by atoms with van der Waals surface area (Å²) in [5.41, 5.74) is 0.873. The van der Waals surface area contributed by atoms with Gasteiger partial charge in [-0.2, -0.15) is 0 Å². The largest absolute Gasteiger partial charge is 0.494 e. The third-order valence-corrected chi connectivity index (χ3v) is 6.97. The van der Waals surface area contributed by atoms with Crippen LogP contribution in [0.5, 0.6) is 0 Å². The molecule has 2 nitrogen and oxygen atoms in total. The Hall–Kier alpha value is -0.535. The molecule has 1 atom stereocenters. The summed E-state index contributed by atoms with van der Waals surface area (Å²) in [5.74, 6) is 2.27. The molecule has 0 aromatic rings. The molecule has 2 aliphatic rings. The van der Waals surface area contributed by atoms with Gasteiger partial charge in [0.2, 0.25) is 0 Å². The fourth-order valence-electron chi connectivity index (χ4n) is 5.14. The lowest BCUT2D eigenvalue weighted by Gasteiger charge is -2.49. The molecule has 0 radical (unpaired) electrons. The molecule has 0 bridgehead atoms. The zero-order valence-corrected chi connectivity index (χ0v) is 17.4. The van der Waals surface area contributed by atoms with Crippen LogP contribution < -0.4 is 0 Å². The quantitative estimate of drug-likeness (QED) is 0.603. The number of rotatable bonds is 5. The van der Waals surface area contributed by atoms with Gasteiger partial charge in [0.15, 0.2) is 0 Å². The van der Waals surface area contributed by atoms with Crippen molar-refractivity contribution < 1.29 is 9.31 Å². The smallest absolute Gasteiger partial charge is 0.399 e. The zero-order valence-electron chi connectivity index (χ0n) is 17.4. The summed E-state index contributed by atoms with van der Waals surface area (Å²) in [5, 5.41) is 0. The van der Waals surface area contributed by atoms with Crippen LogP contribution in [0.2, 0.25) is 0 Å². The van der Waals surface area contributed by atoms with E-state index < -0.39 is 0 Å². The van der Waals surface area contributed by atoms with Crippen molar-refractivity contribution >= 4 is 7.12 Å². The summed E-state index contributed by atoms with van der Waals surface area (Å²) in [6.45, 7) is 22.7. The highest BCUT2D eigenvalue weighted by molar-refractivity contribution is 6.55. The van der Waals surface area contributed by atoms with Crippen molar-refractivity contribution in [3.8, 4) is 0 Å². The topological polar surface area (TPSA) is 18.5 Å². The van der Waals surface area contributed by atoms with Crippen LogP contribution in [0.15, 0.2) is 23.7 Å². The second-order valence-corrected chi connectivity index (χ2v) is 9.60. The van der Waals surface area contributed by atoms with Gasteiger partial charge >= 0.3 is 7.12 Å². The van der Waals surface area contributed by atoms with Crippen molar-refractivity contribution in [1.82, 2.24) is 0 Å². The van der Waals surface area contributed by atoms with Gasteiger partial charge in [-0.25, -0.2) is 0 Å². The molecule has 0 amide bonds. The molecule has 2 rings (SSSR count). The molecule has 24 heavy (non-hydrogen) atoms. The lowest BCUT2D eigenvalue weighted by molar-refractivity contribution is 0.00578. The Morgan fingerprint density at radius 3 is 1.67 bits per heavy atom. The average molecular weight is 332 g/mol. The fourth-order valence-corrected chi connectivity index (χ4v) is 5.14. The van der Waals surface area contributed by atoms with E-state index >= 15 is 0 Å². The minimum atomic E-state index is -0.282. The first kappa shape index (κ1) is 19.8. The van der Waals surface area contributed by atoms with Crippen LogP contribution in [-0.4, -0.2) is 18.3 Å². The average Bonchev–Trinajstić information content (AvgIpc) is 2.93. The van der Waals surface area contributed by atoms with E-state index in [1.54, 1.807) is 0 Å². The van der Waals surface area contributed by atoms with Crippen molar-refractivity contribution in [2.24, 2.45) is 29.1 Å². The van der Waals surface area contributed by atoms with Crippen molar-refractivity contribution in [2.45, 2.75) is 80.4 Å². The molecule has 1 heterocycles. The Kier molecular flexibility index (Phi) is 5.21. The Balaban J connectivity index is 2.32. The summed E-state index contributed by atoms with van der Waals surface area (Å²) in [6.07, 6.45) is 7.01. The number of hydrogen-bond acceptors (Lipinski definition) is 2. The van der Waals surface area contributed by atoms with Crippen molar-refractivity contribution in [3.05, 3.63) is 23.7 Å². The van der Waals surface area contributed by atoms with E-state index in [1.807, 2.05) is 0 Å². The predicted octanol–water partition coefficient (Wildman–Crippen LogP) is 5.68. The van der Waals surface area contributed by atoms with Gasteiger partial charge < -0.3 is 9.31 Å². The molecule has 0 spiro atoms. The maximum absolute atomic E-state index is 6.25. The summed E-state index contributed by atoms with van der Waals surface area (Å²) in [6, 6.07) is 0. The van der Waals surface area contributed by atoms with Crippen LogP contribution in [0.3, 0.4) is 0 Å². The Labute approximate surface area is 150 Å². The predicted molar refractivity (Wildman–Crippen MR) is 104 cm³/mol. The first-order valence-electron chi connectivity index (χ1n) is 9.61. The van der Waals surface area contributed by atoms with E-state index in [0.29, 0.717) is 23.7 Å². The molecular weight excluding hydrogens is 295 g/mol. The van der Waals surface area contributed by atoms with Gasteiger partial charge in [0, 0.05) is 5.92 Å². The van der Waals surface area contributed by atoms with E-state index in [-0.39, 0.29) is 23.7 Å². The normalized spacial score (nSPS) is 26.1. The zero-order chi connectivity index (χ0) is 18.5. The molecule has 1 aliphatic heterocycles. The van der Waals surface area contributed by atoms with Gasteiger partial charge in [-0.3, -0.25) is 0 Å². The van der Waals surface area contributed by atoms with E-state index in [4.69, 9.17) is 9.31 Å². The van der Waals surface area contributed by atoms with Gasteiger partial charge in [-0.05, 0) is 56.3 Å². The second-order valence-electron chi connectivity index (χ2n) is 9.60. The standard InChI is InChI=1S/C21H37BO2/c1-14(2)21(15(3)4,16(5)6)17-11-12-18(13-17)22-23-19(7,8)20(9,10)24-22/h11-17H,1-10H3. The highest BCUT2D eigenvalue weighted by Crippen LogP contribution is 2.52. The fraction of sp³-hybridized carbons (Fsp3) is 0.810. The summed E-state index contributed by atoms with van der Waals surface area (Å²) in [4.78, 5) is 0. The maximum Gasteiger partial charge on any atom is 0.494 e. The number of hydrogen-bond donors (Lipinski definition) is 0. The summed E-state index contributed by atoms with van der Waals surface area (Å²) < 4.78 is 12.5. The third-order valence-electron chi connectivity index (χ3n) is 6.97. The Morgan fingerprint density at radius 1 is 0.875 bits per heavy atom. The molecule has 1 aliphatic carbocycles. The first-order valence-corrected chi connectivity index (χ1v) is 9.61. The molecule has 0 N–H and O–H groups in total. The minimum Gasteiger partial charge on any atom is -0.399 e. The molecule has 3 heteroatoms. The molecule has 0 saturated carbocycles. The molecule has 1 saturated heterocycles. The molecule has 1 fully saturated rings. The van der Waals surface area contributed by atoms with E-state index in [1.165, 1.54) is 5.47 Å². The van der Waals surface area contributed by atoms with Gasteiger partial charge in [-0.1, -0.05) is 59.8 Å². The van der Waals surface area contributed by atoms with Crippen LogP contribution in [0.25, 0.3) is 0 Å². The van der Waals surface area contributed by atoms with Gasteiger partial charge in [0.1, 0.15) is 0 Å². The Morgan fingerprint density at radius 2 is 1.29 bits per heavy atom. The molecule has 0 aromatic carbocycles. The number of allylic oxidation sites excluding steroid dienone is 4. The van der Waals surface area contributed by atoms with Crippen LogP contribution in [0.1, 0.15) is 69.2 Å². The summed E-state index contributed by atoms with van der Waals surface area (Å²) >= 11 is 0. The minimum absolute atomic E-state index is 0.250. The first-order chi connectivity index (χ1) is 10.9. The van der Waals surface area contributed by atoms with Gasteiger partial charge in [0.05, 0.1) is 11.2 Å².